The smallest absolute Gasteiger partial charge is 0.227 e. The van der Waals surface area contributed by atoms with E-state index in [-0.39, 0.29) is 17.9 Å². The maximum Gasteiger partial charge on any atom is 0.227 e. The van der Waals surface area contributed by atoms with Crippen LogP contribution in [-0.4, -0.2) is 31.7 Å². The highest BCUT2D eigenvalue weighted by atomic mass is 79.9. The number of halogens is 1. The number of hydrogen-bond donors (Lipinski definition) is 2. The maximum atomic E-state index is 12.1. The Kier molecular flexibility index (Phi) is 5.36. The normalized spacial score (nSPS) is 22.4. The minimum Gasteiger partial charge on any atom is -0.379 e. The summed E-state index contributed by atoms with van der Waals surface area (Å²) in [6, 6.07) is 8.07. The van der Waals surface area contributed by atoms with Gasteiger partial charge < -0.3 is 15.4 Å². The quantitative estimate of drug-likeness (QED) is 0.865. The first-order valence-corrected chi connectivity index (χ1v) is 7.33. The van der Waals surface area contributed by atoms with Gasteiger partial charge in [0.1, 0.15) is 0 Å². The van der Waals surface area contributed by atoms with E-state index in [1.165, 1.54) is 0 Å². The van der Waals surface area contributed by atoms with E-state index in [2.05, 4.69) is 26.6 Å². The highest BCUT2D eigenvalue weighted by Gasteiger charge is 2.33. The molecular weight excluding hydrogens is 308 g/mol. The molecule has 0 aliphatic carbocycles. The van der Waals surface area contributed by atoms with Crippen molar-refractivity contribution in [3.8, 4) is 0 Å². The summed E-state index contributed by atoms with van der Waals surface area (Å²) in [5, 5.41) is 6.27. The molecule has 1 aromatic rings. The lowest BCUT2D eigenvalue weighted by Crippen LogP contribution is -2.43. The molecule has 0 aromatic heterocycles. The number of rotatable bonds is 5. The Labute approximate surface area is 122 Å². The van der Waals surface area contributed by atoms with Gasteiger partial charge in [0, 0.05) is 17.1 Å². The fraction of sp³-hybridized carbons (Fsp3) is 0.500. The second kappa shape index (κ2) is 7.03. The zero-order valence-corrected chi connectivity index (χ0v) is 12.6. The Hall–Kier alpha value is -0.910. The molecule has 0 saturated carbocycles. The van der Waals surface area contributed by atoms with Gasteiger partial charge in [-0.3, -0.25) is 4.79 Å². The monoisotopic (exact) mass is 326 g/mol. The number of carbonyl (C=O) groups is 1. The van der Waals surface area contributed by atoms with Crippen molar-refractivity contribution in [1.29, 1.82) is 0 Å². The van der Waals surface area contributed by atoms with E-state index in [4.69, 9.17) is 4.74 Å². The van der Waals surface area contributed by atoms with Crippen molar-refractivity contribution in [3.63, 3.8) is 0 Å². The zero-order chi connectivity index (χ0) is 13.7. The van der Waals surface area contributed by atoms with Crippen LogP contribution in [0, 0.1) is 5.92 Å². The van der Waals surface area contributed by atoms with Gasteiger partial charge in [-0.05, 0) is 24.2 Å². The van der Waals surface area contributed by atoms with Crippen molar-refractivity contribution in [2.24, 2.45) is 5.92 Å². The summed E-state index contributed by atoms with van der Waals surface area (Å²) in [5.41, 5.74) is 1.08. The lowest BCUT2D eigenvalue weighted by Gasteiger charge is -2.17. The first kappa shape index (κ1) is 14.5. The van der Waals surface area contributed by atoms with Gasteiger partial charge in [-0.1, -0.05) is 35.0 Å². The lowest BCUT2D eigenvalue weighted by atomic mass is 10.0. The highest BCUT2D eigenvalue weighted by Crippen LogP contribution is 2.15. The van der Waals surface area contributed by atoms with Gasteiger partial charge in [-0.2, -0.15) is 0 Å². The Morgan fingerprint density at radius 2 is 2.32 bits per heavy atom. The van der Waals surface area contributed by atoms with E-state index in [1.54, 1.807) is 0 Å². The average molecular weight is 327 g/mol. The van der Waals surface area contributed by atoms with E-state index in [1.807, 2.05) is 31.2 Å². The molecule has 5 heteroatoms. The number of carbonyl (C=O) groups excluding carboxylic acids is 1. The molecule has 2 N–H and O–H groups in total. The predicted molar refractivity (Wildman–Crippen MR) is 77.8 cm³/mol. The van der Waals surface area contributed by atoms with E-state index < -0.39 is 0 Å². The summed E-state index contributed by atoms with van der Waals surface area (Å²) < 4.78 is 6.41. The fourth-order valence-electron chi connectivity index (χ4n) is 2.24. The van der Waals surface area contributed by atoms with E-state index in [9.17, 15) is 4.79 Å². The third-order valence-corrected chi connectivity index (χ3v) is 3.73. The number of ether oxygens (including phenoxy) is 1. The van der Waals surface area contributed by atoms with Crippen LogP contribution >= 0.6 is 15.9 Å². The topological polar surface area (TPSA) is 50.4 Å². The van der Waals surface area contributed by atoms with Gasteiger partial charge in [0.15, 0.2) is 0 Å². The van der Waals surface area contributed by atoms with Gasteiger partial charge in [0.25, 0.3) is 0 Å². The minimum atomic E-state index is -0.0906. The van der Waals surface area contributed by atoms with Crippen LogP contribution in [0.5, 0.6) is 0 Å². The number of likely N-dealkylation sites (N-methyl/N-ethyl adjacent to an activating group) is 1. The Morgan fingerprint density at radius 1 is 1.47 bits per heavy atom. The van der Waals surface area contributed by atoms with Crippen LogP contribution in [0.4, 0.5) is 0 Å². The Balaban J connectivity index is 1.87. The maximum absolute atomic E-state index is 12.1. The van der Waals surface area contributed by atoms with Crippen LogP contribution in [-0.2, 0) is 16.1 Å². The first-order chi connectivity index (χ1) is 9.20. The summed E-state index contributed by atoms with van der Waals surface area (Å²) in [7, 11) is 0. The largest absolute Gasteiger partial charge is 0.379 e. The standard InChI is InChI=1S/C14H19BrN2O2/c1-2-16-13-9-19-8-12(13)14(18)17-7-10-4-3-5-11(15)6-10/h3-6,12-13,16H,2,7-9H2,1H3,(H,17,18). The van der Waals surface area contributed by atoms with Crippen LogP contribution < -0.4 is 10.6 Å². The molecule has 0 radical (unpaired) electrons. The summed E-state index contributed by atoms with van der Waals surface area (Å²) in [5.74, 6) is -0.0319. The SMILES string of the molecule is CCNC1COCC1C(=O)NCc1cccc(Br)c1. The third kappa shape index (κ3) is 4.03. The molecule has 0 spiro atoms. The van der Waals surface area contributed by atoms with Crippen molar-refractivity contribution in [3.05, 3.63) is 34.3 Å². The molecular formula is C14H19BrN2O2. The first-order valence-electron chi connectivity index (χ1n) is 6.54. The van der Waals surface area contributed by atoms with Crippen LogP contribution in [0.1, 0.15) is 12.5 Å². The Morgan fingerprint density at radius 3 is 3.05 bits per heavy atom. The molecule has 1 aliphatic heterocycles. The van der Waals surface area contributed by atoms with Gasteiger partial charge in [-0.15, -0.1) is 0 Å². The summed E-state index contributed by atoms with van der Waals surface area (Å²) in [4.78, 5) is 12.1. The molecule has 1 amide bonds. The van der Waals surface area contributed by atoms with Crippen molar-refractivity contribution in [1.82, 2.24) is 10.6 Å². The second-order valence-electron chi connectivity index (χ2n) is 4.66. The van der Waals surface area contributed by atoms with E-state index in [0.29, 0.717) is 19.8 Å². The van der Waals surface area contributed by atoms with E-state index >= 15 is 0 Å². The second-order valence-corrected chi connectivity index (χ2v) is 5.57. The van der Waals surface area contributed by atoms with Crippen molar-refractivity contribution >= 4 is 21.8 Å². The van der Waals surface area contributed by atoms with Crippen molar-refractivity contribution in [2.45, 2.75) is 19.5 Å². The number of hydrogen-bond acceptors (Lipinski definition) is 3. The van der Waals surface area contributed by atoms with Gasteiger partial charge in [0.05, 0.1) is 19.1 Å². The number of amides is 1. The van der Waals surface area contributed by atoms with Crippen molar-refractivity contribution in [2.75, 3.05) is 19.8 Å². The van der Waals surface area contributed by atoms with Gasteiger partial charge in [-0.25, -0.2) is 0 Å². The van der Waals surface area contributed by atoms with Crippen LogP contribution in [0.2, 0.25) is 0 Å². The summed E-state index contributed by atoms with van der Waals surface area (Å²) >= 11 is 3.42. The van der Waals surface area contributed by atoms with Crippen LogP contribution in [0.15, 0.2) is 28.7 Å². The molecule has 2 atom stereocenters. The van der Waals surface area contributed by atoms with Crippen LogP contribution in [0.25, 0.3) is 0 Å². The minimum absolute atomic E-state index is 0.0587. The molecule has 2 unspecified atom stereocenters. The van der Waals surface area contributed by atoms with Gasteiger partial charge in [0.2, 0.25) is 5.91 Å². The number of nitrogens with one attached hydrogen (secondary N) is 2. The molecule has 1 saturated heterocycles. The average Bonchev–Trinajstić information content (AvgIpc) is 2.85. The lowest BCUT2D eigenvalue weighted by molar-refractivity contribution is -0.125. The van der Waals surface area contributed by atoms with E-state index in [0.717, 1.165) is 16.6 Å². The van der Waals surface area contributed by atoms with Gasteiger partial charge >= 0.3 is 0 Å². The molecule has 4 nitrogen and oxygen atoms in total. The third-order valence-electron chi connectivity index (χ3n) is 3.24. The number of benzene rings is 1. The molecule has 2 rings (SSSR count). The molecule has 1 heterocycles. The predicted octanol–water partition coefficient (Wildman–Crippen LogP) is 1.69. The summed E-state index contributed by atoms with van der Waals surface area (Å²) in [6.45, 7) is 4.55. The Bertz CT molecular complexity index is 439. The summed E-state index contributed by atoms with van der Waals surface area (Å²) in [6.07, 6.45) is 0. The highest BCUT2D eigenvalue weighted by molar-refractivity contribution is 9.10. The zero-order valence-electron chi connectivity index (χ0n) is 11.0. The van der Waals surface area contributed by atoms with Crippen molar-refractivity contribution < 1.29 is 9.53 Å². The molecule has 0 bridgehead atoms. The molecule has 1 aliphatic rings. The molecule has 1 aromatic carbocycles. The molecule has 1 fully saturated rings. The fourth-order valence-corrected chi connectivity index (χ4v) is 2.69. The molecule has 104 valence electrons. The van der Waals surface area contributed by atoms with Crippen LogP contribution in [0.3, 0.4) is 0 Å². The molecule has 19 heavy (non-hydrogen) atoms.